The second kappa shape index (κ2) is 5.50. The highest BCUT2D eigenvalue weighted by Crippen LogP contribution is 2.24. The molecule has 0 aliphatic rings. The van der Waals surface area contributed by atoms with E-state index in [0.29, 0.717) is 16.5 Å². The lowest BCUT2D eigenvalue weighted by molar-refractivity contribution is 1.02. The van der Waals surface area contributed by atoms with Crippen molar-refractivity contribution in [2.24, 2.45) is 0 Å². The summed E-state index contributed by atoms with van der Waals surface area (Å²) in [6.07, 6.45) is 3.47. The molecule has 3 rings (SSSR count). The zero-order valence-electron chi connectivity index (χ0n) is 11.3. The van der Waals surface area contributed by atoms with Crippen molar-refractivity contribution in [3.63, 3.8) is 0 Å². The van der Waals surface area contributed by atoms with Crippen LogP contribution in [0.1, 0.15) is 5.82 Å². The first-order valence-corrected chi connectivity index (χ1v) is 6.79. The molecule has 4 nitrogen and oxygen atoms in total. The zero-order chi connectivity index (χ0) is 14.8. The van der Waals surface area contributed by atoms with Crippen LogP contribution in [0.3, 0.4) is 0 Å². The first-order chi connectivity index (χ1) is 10.1. The number of nitrogens with one attached hydrogen (secondary N) is 1. The Morgan fingerprint density at radius 1 is 1.00 bits per heavy atom. The van der Waals surface area contributed by atoms with Gasteiger partial charge in [0, 0.05) is 34.6 Å². The molecule has 1 aromatic carbocycles. The molecular weight excluding hydrogens is 286 g/mol. The van der Waals surface area contributed by atoms with Crippen LogP contribution in [-0.2, 0) is 0 Å². The third-order valence-corrected chi connectivity index (χ3v) is 3.32. The maximum Gasteiger partial charge on any atom is 0.251 e. The van der Waals surface area contributed by atoms with Crippen molar-refractivity contribution in [1.82, 2.24) is 15.0 Å². The molecule has 0 unspecified atom stereocenters. The van der Waals surface area contributed by atoms with Gasteiger partial charge in [-0.1, -0.05) is 23.7 Å². The third-order valence-electron chi connectivity index (χ3n) is 3.07. The van der Waals surface area contributed by atoms with E-state index in [1.54, 1.807) is 19.3 Å². The van der Waals surface area contributed by atoms with E-state index in [1.807, 2.05) is 30.3 Å². The van der Waals surface area contributed by atoms with Crippen LogP contribution in [0.2, 0.25) is 5.02 Å². The summed E-state index contributed by atoms with van der Waals surface area (Å²) in [5, 5.41) is 0.690. The number of H-pyrrole nitrogens is 1. The number of aromatic amines is 1. The van der Waals surface area contributed by atoms with Gasteiger partial charge in [0.05, 0.1) is 5.69 Å². The van der Waals surface area contributed by atoms with Crippen LogP contribution in [0.15, 0.2) is 53.6 Å². The minimum absolute atomic E-state index is 0.172. The molecule has 0 aliphatic carbocycles. The summed E-state index contributed by atoms with van der Waals surface area (Å²) in [6, 6.07) is 10.9. The lowest BCUT2D eigenvalue weighted by atomic mass is 10.0. The van der Waals surface area contributed by atoms with Gasteiger partial charge in [-0.3, -0.25) is 9.78 Å². The van der Waals surface area contributed by atoms with Crippen LogP contribution in [-0.4, -0.2) is 15.0 Å². The van der Waals surface area contributed by atoms with E-state index in [-0.39, 0.29) is 5.56 Å². The van der Waals surface area contributed by atoms with Crippen molar-refractivity contribution in [1.29, 1.82) is 0 Å². The maximum atomic E-state index is 11.5. The van der Waals surface area contributed by atoms with E-state index in [0.717, 1.165) is 16.7 Å². The van der Waals surface area contributed by atoms with Gasteiger partial charge < -0.3 is 4.98 Å². The summed E-state index contributed by atoms with van der Waals surface area (Å²) in [7, 11) is 0. The fourth-order valence-corrected chi connectivity index (χ4v) is 2.23. The zero-order valence-corrected chi connectivity index (χ0v) is 12.1. The van der Waals surface area contributed by atoms with E-state index in [1.165, 1.54) is 6.07 Å². The molecule has 21 heavy (non-hydrogen) atoms. The molecule has 0 spiro atoms. The molecule has 3 aromatic rings. The second-order valence-corrected chi connectivity index (χ2v) is 5.12. The Morgan fingerprint density at radius 3 is 2.43 bits per heavy atom. The van der Waals surface area contributed by atoms with Gasteiger partial charge in [-0.05, 0) is 30.7 Å². The number of rotatable bonds is 2. The number of halogens is 1. The summed E-state index contributed by atoms with van der Waals surface area (Å²) in [5.41, 5.74) is 3.20. The Balaban J connectivity index is 2.07. The summed E-state index contributed by atoms with van der Waals surface area (Å²) < 4.78 is 0. The Bertz CT molecular complexity index is 841. The number of aryl methyl sites for hydroxylation is 1. The summed E-state index contributed by atoms with van der Waals surface area (Å²) in [4.78, 5) is 22.7. The number of aromatic nitrogens is 3. The van der Waals surface area contributed by atoms with Crippen molar-refractivity contribution in [3.8, 4) is 22.4 Å². The molecule has 1 N–H and O–H groups in total. The highest BCUT2D eigenvalue weighted by molar-refractivity contribution is 6.30. The Morgan fingerprint density at radius 2 is 1.71 bits per heavy atom. The molecule has 104 valence electrons. The molecule has 5 heteroatoms. The highest BCUT2D eigenvalue weighted by Gasteiger charge is 2.05. The normalized spacial score (nSPS) is 10.6. The molecule has 0 amide bonds. The lowest BCUT2D eigenvalue weighted by Gasteiger charge is -2.05. The van der Waals surface area contributed by atoms with E-state index >= 15 is 0 Å². The van der Waals surface area contributed by atoms with Crippen LogP contribution in [0.5, 0.6) is 0 Å². The van der Waals surface area contributed by atoms with E-state index < -0.39 is 0 Å². The highest BCUT2D eigenvalue weighted by atomic mass is 35.5. The standard InChI is InChI=1S/C16H12ClN3O/c1-10-19-15(7-16(21)20-10)13-6-12(8-18-9-13)11-2-4-14(17)5-3-11/h2-9H,1H3,(H,19,20,21). The second-order valence-electron chi connectivity index (χ2n) is 4.69. The largest absolute Gasteiger partial charge is 0.311 e. The van der Waals surface area contributed by atoms with Crippen molar-refractivity contribution in [2.45, 2.75) is 6.92 Å². The van der Waals surface area contributed by atoms with E-state index in [2.05, 4.69) is 15.0 Å². The average Bonchev–Trinajstić information content (AvgIpc) is 2.47. The van der Waals surface area contributed by atoms with Gasteiger partial charge in [0.25, 0.3) is 5.56 Å². The molecule has 2 heterocycles. The summed E-state index contributed by atoms with van der Waals surface area (Å²) >= 11 is 5.90. The summed E-state index contributed by atoms with van der Waals surface area (Å²) in [5.74, 6) is 0.578. The predicted octanol–water partition coefficient (Wildman–Crippen LogP) is 3.46. The quantitative estimate of drug-likeness (QED) is 0.788. The van der Waals surface area contributed by atoms with Gasteiger partial charge in [-0.15, -0.1) is 0 Å². The van der Waals surface area contributed by atoms with E-state index in [4.69, 9.17) is 11.6 Å². The van der Waals surface area contributed by atoms with Gasteiger partial charge in [0.1, 0.15) is 5.82 Å². The van der Waals surface area contributed by atoms with Gasteiger partial charge in [0.15, 0.2) is 0 Å². The number of nitrogens with zero attached hydrogens (tertiary/aromatic N) is 2. The van der Waals surface area contributed by atoms with Gasteiger partial charge in [-0.25, -0.2) is 4.98 Å². The van der Waals surface area contributed by atoms with Crippen LogP contribution < -0.4 is 5.56 Å². The summed E-state index contributed by atoms with van der Waals surface area (Å²) in [6.45, 7) is 1.75. The number of pyridine rings is 1. The molecule has 0 saturated carbocycles. The topological polar surface area (TPSA) is 58.6 Å². The van der Waals surface area contributed by atoms with Gasteiger partial charge in [-0.2, -0.15) is 0 Å². The minimum atomic E-state index is -0.172. The van der Waals surface area contributed by atoms with Crippen molar-refractivity contribution in [3.05, 3.63) is 70.0 Å². The SMILES string of the molecule is Cc1nc(-c2cncc(-c3ccc(Cl)cc3)c2)cc(=O)[nH]1. The monoisotopic (exact) mass is 297 g/mol. The third kappa shape index (κ3) is 3.01. The van der Waals surface area contributed by atoms with Crippen molar-refractivity contribution in [2.75, 3.05) is 0 Å². The van der Waals surface area contributed by atoms with Crippen LogP contribution in [0.25, 0.3) is 22.4 Å². The minimum Gasteiger partial charge on any atom is -0.311 e. The molecular formula is C16H12ClN3O. The van der Waals surface area contributed by atoms with Crippen LogP contribution in [0, 0.1) is 6.92 Å². The molecule has 0 fully saturated rings. The molecule has 0 saturated heterocycles. The predicted molar refractivity (Wildman–Crippen MR) is 83.3 cm³/mol. The number of benzene rings is 1. The van der Waals surface area contributed by atoms with E-state index in [9.17, 15) is 4.79 Å². The Hall–Kier alpha value is -2.46. The van der Waals surface area contributed by atoms with Crippen LogP contribution >= 0.6 is 11.6 Å². The Labute approximate surface area is 126 Å². The number of hydrogen-bond acceptors (Lipinski definition) is 3. The van der Waals surface area contributed by atoms with Crippen molar-refractivity contribution < 1.29 is 0 Å². The van der Waals surface area contributed by atoms with Crippen molar-refractivity contribution >= 4 is 11.6 Å². The molecule has 0 atom stereocenters. The molecule has 2 aromatic heterocycles. The first-order valence-electron chi connectivity index (χ1n) is 6.41. The lowest BCUT2D eigenvalue weighted by Crippen LogP contribution is -2.08. The fraction of sp³-hybridized carbons (Fsp3) is 0.0625. The first kappa shape index (κ1) is 13.5. The van der Waals surface area contributed by atoms with Gasteiger partial charge in [0.2, 0.25) is 0 Å². The van der Waals surface area contributed by atoms with Gasteiger partial charge >= 0.3 is 0 Å². The Kier molecular flexibility index (Phi) is 3.54. The fourth-order valence-electron chi connectivity index (χ4n) is 2.11. The van der Waals surface area contributed by atoms with Crippen LogP contribution in [0.4, 0.5) is 0 Å². The smallest absolute Gasteiger partial charge is 0.251 e. The average molecular weight is 298 g/mol. The molecule has 0 radical (unpaired) electrons. The number of hydrogen-bond donors (Lipinski definition) is 1. The maximum absolute atomic E-state index is 11.5. The molecule has 0 aliphatic heterocycles. The molecule has 0 bridgehead atoms.